The van der Waals surface area contributed by atoms with Crippen molar-refractivity contribution in [2.45, 2.75) is 0 Å². The van der Waals surface area contributed by atoms with Crippen LogP contribution in [0.25, 0.3) is 0 Å². The van der Waals surface area contributed by atoms with Crippen LogP contribution in [0.2, 0.25) is 0 Å². The number of non-ortho nitro benzene ring substituents is 1. The summed E-state index contributed by atoms with van der Waals surface area (Å²) in [6.45, 7) is 0. The first-order valence-corrected chi connectivity index (χ1v) is 6.23. The molecule has 1 heterocycles. The summed E-state index contributed by atoms with van der Waals surface area (Å²) in [4.78, 5) is 26.0. The van der Waals surface area contributed by atoms with Crippen LogP contribution in [0, 0.1) is 10.1 Å². The number of rotatable bonds is 3. The van der Waals surface area contributed by atoms with Gasteiger partial charge >= 0.3 is 0 Å². The SMILES string of the molecule is Nc1cc(C(=O)Nc2cc([N+](=O)[O-])ccc2Br)ccn1. The first kappa shape index (κ1) is 13.9. The number of anilines is 2. The maximum atomic E-state index is 12.0. The molecule has 0 spiro atoms. The number of benzene rings is 1. The molecule has 8 heteroatoms. The number of nitro groups is 1. The standard InChI is InChI=1S/C12H9BrN4O3/c13-9-2-1-8(17(19)20)6-10(9)16-12(18)7-3-4-15-11(14)5-7/h1-6H,(H2,14,15)(H,16,18). The maximum absolute atomic E-state index is 12.0. The van der Waals surface area contributed by atoms with Gasteiger partial charge < -0.3 is 11.1 Å². The van der Waals surface area contributed by atoms with Crippen LogP contribution in [0.1, 0.15) is 10.4 Å². The second kappa shape index (κ2) is 5.66. The lowest BCUT2D eigenvalue weighted by molar-refractivity contribution is -0.384. The number of aromatic nitrogens is 1. The van der Waals surface area contributed by atoms with E-state index in [2.05, 4.69) is 26.2 Å². The van der Waals surface area contributed by atoms with E-state index < -0.39 is 10.8 Å². The predicted molar refractivity (Wildman–Crippen MR) is 77.4 cm³/mol. The number of nitrogens with one attached hydrogen (secondary N) is 1. The van der Waals surface area contributed by atoms with E-state index in [4.69, 9.17) is 5.73 Å². The Morgan fingerprint density at radius 1 is 1.35 bits per heavy atom. The van der Waals surface area contributed by atoms with Gasteiger partial charge in [0.05, 0.1) is 10.6 Å². The zero-order valence-corrected chi connectivity index (χ0v) is 11.6. The van der Waals surface area contributed by atoms with E-state index in [0.29, 0.717) is 15.7 Å². The quantitative estimate of drug-likeness (QED) is 0.660. The second-order valence-electron chi connectivity index (χ2n) is 3.84. The Labute approximate surface area is 122 Å². The predicted octanol–water partition coefficient (Wildman–Crippen LogP) is 2.59. The van der Waals surface area contributed by atoms with Crippen molar-refractivity contribution in [1.82, 2.24) is 4.98 Å². The number of halogens is 1. The van der Waals surface area contributed by atoms with Crippen molar-refractivity contribution in [3.63, 3.8) is 0 Å². The number of pyridine rings is 1. The Hall–Kier alpha value is -2.48. The zero-order valence-electron chi connectivity index (χ0n) is 10.0. The van der Waals surface area contributed by atoms with Crippen LogP contribution in [0.3, 0.4) is 0 Å². The van der Waals surface area contributed by atoms with Crippen molar-refractivity contribution in [1.29, 1.82) is 0 Å². The number of carbonyl (C=O) groups is 1. The molecule has 7 nitrogen and oxygen atoms in total. The highest BCUT2D eigenvalue weighted by molar-refractivity contribution is 9.10. The first-order chi connectivity index (χ1) is 9.47. The smallest absolute Gasteiger partial charge is 0.271 e. The second-order valence-corrected chi connectivity index (χ2v) is 4.70. The molecule has 2 rings (SSSR count). The Bertz CT molecular complexity index is 690. The molecule has 0 radical (unpaired) electrons. The minimum Gasteiger partial charge on any atom is -0.384 e. The normalized spacial score (nSPS) is 10.1. The molecule has 0 unspecified atom stereocenters. The molecule has 2 aromatic rings. The molecule has 0 bridgehead atoms. The van der Waals surface area contributed by atoms with Crippen LogP contribution in [0.15, 0.2) is 41.0 Å². The van der Waals surface area contributed by atoms with Gasteiger partial charge in [0.15, 0.2) is 0 Å². The lowest BCUT2D eigenvalue weighted by Gasteiger charge is -2.07. The molecule has 0 aliphatic rings. The molecule has 0 aliphatic carbocycles. The summed E-state index contributed by atoms with van der Waals surface area (Å²) >= 11 is 3.22. The molecular weight excluding hydrogens is 328 g/mol. The highest BCUT2D eigenvalue weighted by atomic mass is 79.9. The fourth-order valence-electron chi connectivity index (χ4n) is 1.51. The molecule has 0 atom stereocenters. The van der Waals surface area contributed by atoms with Crippen molar-refractivity contribution in [3.8, 4) is 0 Å². The van der Waals surface area contributed by atoms with E-state index in [1.54, 1.807) is 0 Å². The monoisotopic (exact) mass is 336 g/mol. The van der Waals surface area contributed by atoms with Crippen LogP contribution < -0.4 is 11.1 Å². The molecule has 1 aromatic carbocycles. The zero-order chi connectivity index (χ0) is 14.7. The van der Waals surface area contributed by atoms with Crippen LogP contribution in [-0.2, 0) is 0 Å². The Morgan fingerprint density at radius 3 is 2.75 bits per heavy atom. The van der Waals surface area contributed by atoms with E-state index in [9.17, 15) is 14.9 Å². The van der Waals surface area contributed by atoms with E-state index >= 15 is 0 Å². The van der Waals surface area contributed by atoms with Crippen LogP contribution in [-0.4, -0.2) is 15.8 Å². The van der Waals surface area contributed by atoms with Gasteiger partial charge in [0.25, 0.3) is 11.6 Å². The van der Waals surface area contributed by atoms with E-state index in [-0.39, 0.29) is 11.5 Å². The highest BCUT2D eigenvalue weighted by Gasteiger charge is 2.13. The molecule has 20 heavy (non-hydrogen) atoms. The summed E-state index contributed by atoms with van der Waals surface area (Å²) in [5.74, 6) is -0.212. The van der Waals surface area contributed by atoms with Gasteiger partial charge in [0.1, 0.15) is 5.82 Å². The third kappa shape index (κ3) is 3.09. The number of nitrogen functional groups attached to an aromatic ring is 1. The summed E-state index contributed by atoms with van der Waals surface area (Å²) in [5, 5.41) is 13.3. The van der Waals surface area contributed by atoms with Crippen molar-refractivity contribution in [2.75, 3.05) is 11.1 Å². The van der Waals surface area contributed by atoms with Gasteiger partial charge in [-0.15, -0.1) is 0 Å². The van der Waals surface area contributed by atoms with Gasteiger partial charge in [-0.3, -0.25) is 14.9 Å². The number of nitrogens with zero attached hydrogens (tertiary/aromatic N) is 2. The number of hydrogen-bond donors (Lipinski definition) is 2. The molecule has 102 valence electrons. The number of nitro benzene ring substituents is 1. The lowest BCUT2D eigenvalue weighted by Crippen LogP contribution is -2.13. The Morgan fingerprint density at radius 2 is 2.10 bits per heavy atom. The highest BCUT2D eigenvalue weighted by Crippen LogP contribution is 2.27. The summed E-state index contributed by atoms with van der Waals surface area (Å²) in [7, 11) is 0. The third-order valence-corrected chi connectivity index (χ3v) is 3.14. The molecule has 1 aromatic heterocycles. The van der Waals surface area contributed by atoms with Gasteiger partial charge in [-0.25, -0.2) is 4.98 Å². The Balaban J connectivity index is 2.27. The average molecular weight is 337 g/mol. The third-order valence-electron chi connectivity index (χ3n) is 2.45. The Kier molecular flexibility index (Phi) is 3.94. The molecule has 0 fully saturated rings. The van der Waals surface area contributed by atoms with E-state index in [0.717, 1.165) is 0 Å². The van der Waals surface area contributed by atoms with Crippen molar-refractivity contribution in [2.24, 2.45) is 0 Å². The van der Waals surface area contributed by atoms with Gasteiger partial charge in [-0.05, 0) is 34.1 Å². The maximum Gasteiger partial charge on any atom is 0.271 e. The minimum absolute atomic E-state index is 0.113. The fourth-order valence-corrected chi connectivity index (χ4v) is 1.85. The molecule has 0 saturated carbocycles. The topological polar surface area (TPSA) is 111 Å². The average Bonchev–Trinajstić information content (AvgIpc) is 2.41. The van der Waals surface area contributed by atoms with Crippen molar-refractivity contribution >= 4 is 39.0 Å². The number of carbonyl (C=O) groups excluding carboxylic acids is 1. The number of hydrogen-bond acceptors (Lipinski definition) is 5. The summed E-state index contributed by atoms with van der Waals surface area (Å²) < 4.78 is 0.540. The molecule has 1 amide bonds. The lowest BCUT2D eigenvalue weighted by atomic mass is 10.2. The minimum atomic E-state index is -0.535. The van der Waals surface area contributed by atoms with Gasteiger partial charge in [-0.2, -0.15) is 0 Å². The number of amides is 1. The van der Waals surface area contributed by atoms with Crippen LogP contribution in [0.5, 0.6) is 0 Å². The number of nitrogens with two attached hydrogens (primary N) is 1. The first-order valence-electron chi connectivity index (χ1n) is 5.44. The van der Waals surface area contributed by atoms with Crippen molar-refractivity contribution < 1.29 is 9.72 Å². The molecule has 0 saturated heterocycles. The van der Waals surface area contributed by atoms with E-state index in [1.165, 1.54) is 36.5 Å². The van der Waals surface area contributed by atoms with Crippen LogP contribution >= 0.6 is 15.9 Å². The van der Waals surface area contributed by atoms with Gasteiger partial charge in [0.2, 0.25) is 0 Å². The summed E-state index contributed by atoms with van der Waals surface area (Å²) in [5.41, 5.74) is 6.00. The fraction of sp³-hybridized carbons (Fsp3) is 0. The van der Waals surface area contributed by atoms with E-state index in [1.807, 2.05) is 0 Å². The van der Waals surface area contributed by atoms with Gasteiger partial charge in [0, 0.05) is 28.4 Å². The molecular formula is C12H9BrN4O3. The molecule has 0 aliphatic heterocycles. The van der Waals surface area contributed by atoms with Crippen LogP contribution in [0.4, 0.5) is 17.2 Å². The summed E-state index contributed by atoms with van der Waals surface area (Å²) in [6.07, 6.45) is 1.41. The van der Waals surface area contributed by atoms with Gasteiger partial charge in [-0.1, -0.05) is 0 Å². The van der Waals surface area contributed by atoms with Crippen molar-refractivity contribution in [3.05, 3.63) is 56.7 Å². The molecule has 3 N–H and O–H groups in total. The largest absolute Gasteiger partial charge is 0.384 e. The summed E-state index contributed by atoms with van der Waals surface area (Å²) in [6, 6.07) is 7.02.